The Kier molecular flexibility index (Phi) is 4.03. The van der Waals surface area contributed by atoms with Gasteiger partial charge in [-0.05, 0) is 24.7 Å². The molecule has 3 unspecified atom stereocenters. The van der Waals surface area contributed by atoms with Gasteiger partial charge in [0.05, 0.1) is 13.1 Å². The lowest BCUT2D eigenvalue weighted by Gasteiger charge is -2.29. The molecule has 0 aromatic rings. The summed E-state index contributed by atoms with van der Waals surface area (Å²) < 4.78 is 0. The smallest absolute Gasteiger partial charge is 0.234 e. The van der Waals surface area contributed by atoms with E-state index in [0.29, 0.717) is 31.0 Å². The second-order valence-electron chi connectivity index (χ2n) is 5.19. The number of hydrogen-bond acceptors (Lipinski definition) is 3. The van der Waals surface area contributed by atoms with Crippen LogP contribution in [0.4, 0.5) is 0 Å². The van der Waals surface area contributed by atoms with Crippen LogP contribution >= 0.6 is 0 Å². The minimum atomic E-state index is 0.0233. The lowest BCUT2D eigenvalue weighted by Crippen LogP contribution is -2.39. The van der Waals surface area contributed by atoms with E-state index in [1.807, 2.05) is 0 Å². The van der Waals surface area contributed by atoms with Crippen LogP contribution in [0.25, 0.3) is 0 Å². The summed E-state index contributed by atoms with van der Waals surface area (Å²) >= 11 is 0. The number of nitrogens with one attached hydrogen (secondary N) is 1. The molecule has 4 heteroatoms. The van der Waals surface area contributed by atoms with Crippen molar-refractivity contribution in [3.05, 3.63) is 0 Å². The Labute approximate surface area is 103 Å². The van der Waals surface area contributed by atoms with Gasteiger partial charge in [-0.15, -0.1) is 6.42 Å². The SMILES string of the molecule is C#CCNC(=O)CN1CC2CCCC(N)C2C1. The molecule has 2 fully saturated rings. The number of carbonyl (C=O) groups excluding carboxylic acids is 1. The summed E-state index contributed by atoms with van der Waals surface area (Å²) in [7, 11) is 0. The lowest BCUT2D eigenvalue weighted by molar-refractivity contribution is -0.121. The first kappa shape index (κ1) is 12.4. The molecule has 0 bridgehead atoms. The zero-order valence-electron chi connectivity index (χ0n) is 10.2. The molecule has 0 aromatic heterocycles. The van der Waals surface area contributed by atoms with Crippen molar-refractivity contribution in [2.24, 2.45) is 17.6 Å². The summed E-state index contributed by atoms with van der Waals surface area (Å²) in [5.41, 5.74) is 6.14. The summed E-state index contributed by atoms with van der Waals surface area (Å²) in [6.07, 6.45) is 8.74. The van der Waals surface area contributed by atoms with Crippen LogP contribution in [0.3, 0.4) is 0 Å². The number of amides is 1. The van der Waals surface area contributed by atoms with Gasteiger partial charge in [-0.1, -0.05) is 12.3 Å². The molecular formula is C13H21N3O. The van der Waals surface area contributed by atoms with Crippen LogP contribution in [-0.2, 0) is 4.79 Å². The maximum atomic E-state index is 11.6. The van der Waals surface area contributed by atoms with Gasteiger partial charge in [-0.25, -0.2) is 0 Å². The van der Waals surface area contributed by atoms with E-state index >= 15 is 0 Å². The summed E-state index contributed by atoms with van der Waals surface area (Å²) in [4.78, 5) is 13.8. The molecule has 0 aromatic carbocycles. The highest BCUT2D eigenvalue weighted by Crippen LogP contribution is 2.35. The summed E-state index contributed by atoms with van der Waals surface area (Å²) in [6, 6.07) is 0.326. The van der Waals surface area contributed by atoms with E-state index in [2.05, 4.69) is 16.1 Å². The molecule has 1 saturated carbocycles. The van der Waals surface area contributed by atoms with Gasteiger partial charge in [0.15, 0.2) is 0 Å². The molecule has 1 aliphatic carbocycles. The van der Waals surface area contributed by atoms with Crippen molar-refractivity contribution in [1.29, 1.82) is 0 Å². The van der Waals surface area contributed by atoms with Gasteiger partial charge in [0.1, 0.15) is 0 Å². The molecule has 4 nitrogen and oxygen atoms in total. The van der Waals surface area contributed by atoms with Crippen molar-refractivity contribution in [1.82, 2.24) is 10.2 Å². The van der Waals surface area contributed by atoms with Crippen LogP contribution in [0.15, 0.2) is 0 Å². The maximum absolute atomic E-state index is 11.6. The molecule has 17 heavy (non-hydrogen) atoms. The fourth-order valence-electron chi connectivity index (χ4n) is 3.15. The zero-order valence-corrected chi connectivity index (χ0v) is 10.2. The number of rotatable bonds is 3. The average Bonchev–Trinajstić information content (AvgIpc) is 2.70. The van der Waals surface area contributed by atoms with Crippen molar-refractivity contribution in [2.45, 2.75) is 25.3 Å². The van der Waals surface area contributed by atoms with Crippen molar-refractivity contribution >= 4 is 5.91 Å². The summed E-state index contributed by atoms with van der Waals surface area (Å²) in [5.74, 6) is 3.71. The van der Waals surface area contributed by atoms with E-state index in [-0.39, 0.29) is 5.91 Å². The Balaban J connectivity index is 1.81. The van der Waals surface area contributed by atoms with Gasteiger partial charge < -0.3 is 11.1 Å². The molecule has 1 heterocycles. The molecule has 3 N–H and O–H groups in total. The highest BCUT2D eigenvalue weighted by atomic mass is 16.2. The van der Waals surface area contributed by atoms with E-state index in [0.717, 1.165) is 19.5 Å². The monoisotopic (exact) mass is 235 g/mol. The Bertz CT molecular complexity index is 323. The Morgan fingerprint density at radius 3 is 3.00 bits per heavy atom. The Morgan fingerprint density at radius 2 is 2.29 bits per heavy atom. The minimum absolute atomic E-state index is 0.0233. The van der Waals surface area contributed by atoms with Gasteiger partial charge in [0.25, 0.3) is 0 Å². The number of carbonyl (C=O) groups is 1. The molecule has 1 amide bonds. The number of nitrogens with two attached hydrogens (primary N) is 1. The number of terminal acetylenes is 1. The molecule has 0 spiro atoms. The van der Waals surface area contributed by atoms with Crippen LogP contribution < -0.4 is 11.1 Å². The topological polar surface area (TPSA) is 58.4 Å². The highest BCUT2D eigenvalue weighted by molar-refractivity contribution is 5.78. The number of fused-ring (bicyclic) bond motifs is 1. The lowest BCUT2D eigenvalue weighted by atomic mass is 9.78. The van der Waals surface area contributed by atoms with Crippen LogP contribution in [0, 0.1) is 24.2 Å². The maximum Gasteiger partial charge on any atom is 0.234 e. The van der Waals surface area contributed by atoms with Crippen LogP contribution in [0.1, 0.15) is 19.3 Å². The fourth-order valence-corrected chi connectivity index (χ4v) is 3.15. The number of likely N-dealkylation sites (tertiary alicyclic amines) is 1. The summed E-state index contributed by atoms with van der Waals surface area (Å²) in [6.45, 7) is 2.76. The van der Waals surface area contributed by atoms with Gasteiger partial charge in [-0.3, -0.25) is 9.69 Å². The predicted molar refractivity (Wildman–Crippen MR) is 67.1 cm³/mol. The fraction of sp³-hybridized carbons (Fsp3) is 0.769. The van der Waals surface area contributed by atoms with Crippen LogP contribution in [0.5, 0.6) is 0 Å². The normalized spacial score (nSPS) is 32.8. The van der Waals surface area contributed by atoms with E-state index in [1.54, 1.807) is 0 Å². The first-order chi connectivity index (χ1) is 8.20. The van der Waals surface area contributed by atoms with E-state index in [9.17, 15) is 4.79 Å². The molecule has 2 aliphatic rings. The largest absolute Gasteiger partial charge is 0.344 e. The number of hydrogen-bond donors (Lipinski definition) is 2. The molecular weight excluding hydrogens is 214 g/mol. The average molecular weight is 235 g/mol. The van der Waals surface area contributed by atoms with Crippen molar-refractivity contribution in [3.63, 3.8) is 0 Å². The molecule has 1 saturated heterocycles. The third-order valence-electron chi connectivity index (χ3n) is 3.98. The molecule has 1 aliphatic heterocycles. The second kappa shape index (κ2) is 5.52. The van der Waals surface area contributed by atoms with Crippen molar-refractivity contribution in [2.75, 3.05) is 26.2 Å². The van der Waals surface area contributed by atoms with E-state index in [1.165, 1.54) is 12.8 Å². The van der Waals surface area contributed by atoms with Gasteiger partial charge in [0.2, 0.25) is 5.91 Å². The van der Waals surface area contributed by atoms with Crippen LogP contribution in [-0.4, -0.2) is 43.0 Å². The van der Waals surface area contributed by atoms with E-state index in [4.69, 9.17) is 12.2 Å². The van der Waals surface area contributed by atoms with Gasteiger partial charge >= 0.3 is 0 Å². The molecule has 3 atom stereocenters. The molecule has 0 radical (unpaired) electrons. The first-order valence-corrected chi connectivity index (χ1v) is 6.39. The quantitative estimate of drug-likeness (QED) is 0.666. The van der Waals surface area contributed by atoms with Gasteiger partial charge in [0, 0.05) is 19.1 Å². The standard InChI is InChI=1S/C13H21N3O/c1-2-6-15-13(17)9-16-7-10-4-3-5-12(14)11(10)8-16/h1,10-12H,3-9,14H2,(H,15,17). The van der Waals surface area contributed by atoms with Crippen molar-refractivity contribution in [3.8, 4) is 12.3 Å². The third-order valence-corrected chi connectivity index (χ3v) is 3.98. The van der Waals surface area contributed by atoms with Crippen molar-refractivity contribution < 1.29 is 4.79 Å². The molecule has 2 rings (SSSR count). The second-order valence-corrected chi connectivity index (χ2v) is 5.19. The Morgan fingerprint density at radius 1 is 1.47 bits per heavy atom. The van der Waals surface area contributed by atoms with Crippen LogP contribution in [0.2, 0.25) is 0 Å². The Hall–Kier alpha value is -1.05. The zero-order chi connectivity index (χ0) is 12.3. The number of nitrogens with zero attached hydrogens (tertiary/aromatic N) is 1. The third kappa shape index (κ3) is 2.99. The van der Waals surface area contributed by atoms with Gasteiger partial charge in [-0.2, -0.15) is 0 Å². The first-order valence-electron chi connectivity index (χ1n) is 6.39. The summed E-state index contributed by atoms with van der Waals surface area (Å²) in [5, 5.41) is 2.70. The van der Waals surface area contributed by atoms with E-state index < -0.39 is 0 Å². The highest BCUT2D eigenvalue weighted by Gasteiger charge is 2.38. The minimum Gasteiger partial charge on any atom is -0.344 e. The molecule has 94 valence electrons. The predicted octanol–water partition coefficient (Wildman–Crippen LogP) is -0.205.